The lowest BCUT2D eigenvalue weighted by atomic mass is 10.0. The molecule has 1 aromatic carbocycles. The maximum atomic E-state index is 11.3. The molecule has 1 amide bonds. The second-order valence-electron chi connectivity index (χ2n) is 3.94. The van der Waals surface area contributed by atoms with Crippen LogP contribution in [0.4, 0.5) is 0 Å². The van der Waals surface area contributed by atoms with Crippen LogP contribution in [0.15, 0.2) is 12.1 Å². The molecule has 5 nitrogen and oxygen atoms in total. The van der Waals surface area contributed by atoms with Crippen LogP contribution in [0.25, 0.3) is 0 Å². The van der Waals surface area contributed by atoms with Crippen LogP contribution in [0.2, 0.25) is 0 Å². The summed E-state index contributed by atoms with van der Waals surface area (Å²) in [6.45, 7) is 4.12. The molecule has 1 rings (SSSR count). The molecule has 0 spiro atoms. The minimum Gasteiger partial charge on any atom is -0.496 e. The summed E-state index contributed by atoms with van der Waals surface area (Å²) in [5, 5.41) is 2.49. The van der Waals surface area contributed by atoms with Gasteiger partial charge in [-0.2, -0.15) is 0 Å². The second-order valence-corrected chi connectivity index (χ2v) is 3.94. The number of amides is 1. The Kier molecular flexibility index (Phi) is 4.71. The maximum Gasteiger partial charge on any atom is 0.396 e. The van der Waals surface area contributed by atoms with Gasteiger partial charge >= 0.3 is 11.9 Å². The van der Waals surface area contributed by atoms with Crippen molar-refractivity contribution < 1.29 is 19.1 Å². The highest BCUT2D eigenvalue weighted by molar-refractivity contribution is 6.32. The molecule has 0 radical (unpaired) electrons. The van der Waals surface area contributed by atoms with Gasteiger partial charge in [-0.15, -0.1) is 0 Å². The van der Waals surface area contributed by atoms with Gasteiger partial charge in [0.1, 0.15) is 5.75 Å². The Labute approximate surface area is 106 Å². The van der Waals surface area contributed by atoms with Crippen molar-refractivity contribution in [1.82, 2.24) is 5.32 Å². The van der Waals surface area contributed by atoms with Crippen LogP contribution in [0.1, 0.15) is 16.7 Å². The summed E-state index contributed by atoms with van der Waals surface area (Å²) in [6, 6.07) is 3.87. The number of nitrogens with one attached hydrogen (secondary N) is 1. The van der Waals surface area contributed by atoms with Crippen molar-refractivity contribution in [2.24, 2.45) is 0 Å². The first-order valence-corrected chi connectivity index (χ1v) is 5.49. The zero-order chi connectivity index (χ0) is 13.7. The minimum atomic E-state index is -0.904. The van der Waals surface area contributed by atoms with E-state index < -0.39 is 11.9 Å². The van der Waals surface area contributed by atoms with Gasteiger partial charge in [0.05, 0.1) is 14.2 Å². The number of rotatable bonds is 3. The minimum absolute atomic E-state index is 0.225. The SMILES string of the molecule is COC(=O)C(=O)NCc1c(C)cc(C)cc1OC. The number of esters is 1. The Morgan fingerprint density at radius 2 is 1.89 bits per heavy atom. The molecule has 1 aromatic rings. The first kappa shape index (κ1) is 14.0. The summed E-state index contributed by atoms with van der Waals surface area (Å²) in [7, 11) is 2.74. The molecule has 98 valence electrons. The summed E-state index contributed by atoms with van der Waals surface area (Å²) in [4.78, 5) is 22.3. The van der Waals surface area contributed by atoms with E-state index in [1.54, 1.807) is 7.11 Å². The van der Waals surface area contributed by atoms with Gasteiger partial charge in [0.25, 0.3) is 0 Å². The molecule has 0 fully saturated rings. The number of benzene rings is 1. The number of hydrogen-bond donors (Lipinski definition) is 1. The van der Waals surface area contributed by atoms with E-state index in [9.17, 15) is 9.59 Å². The summed E-state index contributed by atoms with van der Waals surface area (Å²) < 4.78 is 9.58. The molecule has 1 N–H and O–H groups in total. The number of carbonyl (C=O) groups is 2. The smallest absolute Gasteiger partial charge is 0.396 e. The Morgan fingerprint density at radius 1 is 1.22 bits per heavy atom. The molecule has 0 aliphatic heterocycles. The van der Waals surface area contributed by atoms with E-state index in [2.05, 4.69) is 10.1 Å². The monoisotopic (exact) mass is 251 g/mol. The van der Waals surface area contributed by atoms with Crippen molar-refractivity contribution in [3.63, 3.8) is 0 Å². The molecular formula is C13H17NO4. The van der Waals surface area contributed by atoms with E-state index in [-0.39, 0.29) is 6.54 Å². The lowest BCUT2D eigenvalue weighted by Crippen LogP contribution is -2.31. The van der Waals surface area contributed by atoms with Crippen LogP contribution in [0.5, 0.6) is 5.75 Å². The molecular weight excluding hydrogens is 234 g/mol. The molecule has 18 heavy (non-hydrogen) atoms. The fourth-order valence-corrected chi connectivity index (χ4v) is 1.70. The number of carbonyl (C=O) groups excluding carboxylic acids is 2. The summed E-state index contributed by atoms with van der Waals surface area (Å²) in [6.07, 6.45) is 0. The third-order valence-corrected chi connectivity index (χ3v) is 2.59. The molecule has 0 aliphatic rings. The van der Waals surface area contributed by atoms with Crippen molar-refractivity contribution in [3.8, 4) is 5.75 Å². The van der Waals surface area contributed by atoms with Gasteiger partial charge in [-0.25, -0.2) is 4.79 Å². The van der Waals surface area contributed by atoms with Crippen molar-refractivity contribution in [1.29, 1.82) is 0 Å². The maximum absolute atomic E-state index is 11.3. The Balaban J connectivity index is 2.85. The highest BCUT2D eigenvalue weighted by atomic mass is 16.5. The molecule has 0 aliphatic carbocycles. The molecule has 0 saturated carbocycles. The molecule has 0 bridgehead atoms. The van der Waals surface area contributed by atoms with Gasteiger partial charge in [-0.05, 0) is 31.0 Å². The largest absolute Gasteiger partial charge is 0.496 e. The van der Waals surface area contributed by atoms with E-state index in [0.717, 1.165) is 16.7 Å². The molecule has 0 aromatic heterocycles. The van der Waals surface area contributed by atoms with Crippen LogP contribution in [-0.4, -0.2) is 26.1 Å². The normalized spacial score (nSPS) is 9.78. The van der Waals surface area contributed by atoms with Gasteiger partial charge in [0.15, 0.2) is 0 Å². The zero-order valence-electron chi connectivity index (χ0n) is 11.0. The molecule has 5 heteroatoms. The predicted molar refractivity (Wildman–Crippen MR) is 66.3 cm³/mol. The third-order valence-electron chi connectivity index (χ3n) is 2.59. The highest BCUT2D eigenvalue weighted by Gasteiger charge is 2.15. The molecule has 0 unspecified atom stereocenters. The fraction of sp³-hybridized carbons (Fsp3) is 0.385. The summed E-state index contributed by atoms with van der Waals surface area (Å²) in [5.74, 6) is -0.976. The Hall–Kier alpha value is -2.04. The van der Waals surface area contributed by atoms with Crippen LogP contribution < -0.4 is 10.1 Å². The third kappa shape index (κ3) is 3.23. The van der Waals surface area contributed by atoms with Crippen molar-refractivity contribution in [3.05, 3.63) is 28.8 Å². The first-order valence-electron chi connectivity index (χ1n) is 5.49. The van der Waals surface area contributed by atoms with Crippen molar-refractivity contribution >= 4 is 11.9 Å². The van der Waals surface area contributed by atoms with E-state index in [0.29, 0.717) is 5.75 Å². The van der Waals surface area contributed by atoms with Crippen LogP contribution in [0.3, 0.4) is 0 Å². The average molecular weight is 251 g/mol. The lowest BCUT2D eigenvalue weighted by molar-refractivity contribution is -0.152. The van der Waals surface area contributed by atoms with E-state index in [4.69, 9.17) is 4.74 Å². The molecule has 0 atom stereocenters. The molecule has 0 heterocycles. The van der Waals surface area contributed by atoms with Crippen molar-refractivity contribution in [2.45, 2.75) is 20.4 Å². The van der Waals surface area contributed by atoms with Crippen LogP contribution in [0, 0.1) is 13.8 Å². The van der Waals surface area contributed by atoms with Gasteiger partial charge in [-0.1, -0.05) is 6.07 Å². The molecule has 0 saturated heterocycles. The average Bonchev–Trinajstić information content (AvgIpc) is 2.35. The standard InChI is InChI=1S/C13H17NO4/c1-8-5-9(2)10(11(6-8)17-3)7-14-12(15)13(16)18-4/h5-6H,7H2,1-4H3,(H,14,15). The summed E-state index contributed by atoms with van der Waals surface area (Å²) >= 11 is 0. The van der Waals surface area contributed by atoms with Crippen LogP contribution >= 0.6 is 0 Å². The van der Waals surface area contributed by atoms with Crippen LogP contribution in [-0.2, 0) is 20.9 Å². The van der Waals surface area contributed by atoms with E-state index >= 15 is 0 Å². The van der Waals surface area contributed by atoms with E-state index in [1.165, 1.54) is 7.11 Å². The number of ether oxygens (including phenoxy) is 2. The van der Waals surface area contributed by atoms with E-state index in [1.807, 2.05) is 26.0 Å². The lowest BCUT2D eigenvalue weighted by Gasteiger charge is -2.13. The predicted octanol–water partition coefficient (Wildman–Crippen LogP) is 1.10. The van der Waals surface area contributed by atoms with Gasteiger partial charge in [0, 0.05) is 12.1 Å². The zero-order valence-corrected chi connectivity index (χ0v) is 11.0. The fourth-order valence-electron chi connectivity index (χ4n) is 1.70. The van der Waals surface area contributed by atoms with Gasteiger partial charge < -0.3 is 14.8 Å². The number of methoxy groups -OCH3 is 2. The topological polar surface area (TPSA) is 64.6 Å². The highest BCUT2D eigenvalue weighted by Crippen LogP contribution is 2.23. The second kappa shape index (κ2) is 6.05. The Morgan fingerprint density at radius 3 is 2.44 bits per heavy atom. The van der Waals surface area contributed by atoms with Crippen molar-refractivity contribution in [2.75, 3.05) is 14.2 Å². The Bertz CT molecular complexity index is 468. The first-order chi connectivity index (χ1) is 8.49. The van der Waals surface area contributed by atoms with Gasteiger partial charge in [-0.3, -0.25) is 4.79 Å². The number of aryl methyl sites for hydroxylation is 2. The van der Waals surface area contributed by atoms with Gasteiger partial charge in [0.2, 0.25) is 0 Å². The number of hydrogen-bond acceptors (Lipinski definition) is 4. The quantitative estimate of drug-likeness (QED) is 0.645. The summed E-state index contributed by atoms with van der Waals surface area (Å²) in [5.41, 5.74) is 2.92.